The van der Waals surface area contributed by atoms with Crippen molar-refractivity contribution in [3.8, 4) is 0 Å². The molecule has 19 heavy (non-hydrogen) atoms. The van der Waals surface area contributed by atoms with Crippen molar-refractivity contribution in [1.29, 1.82) is 0 Å². The molecule has 3 aromatic rings. The standard InChI is InChI=1S/C15H16N4/c1-11-7-19-14(10-18-11)9-16-8-12-2-3-15-13(6-12)4-5-17-15/h2-7,10,16-17H,8-9H2,1H3. The number of aryl methyl sites for hydroxylation is 1. The lowest BCUT2D eigenvalue weighted by molar-refractivity contribution is 0.676. The molecule has 96 valence electrons. The third kappa shape index (κ3) is 2.80. The number of H-pyrrole nitrogens is 1. The second-order valence-corrected chi connectivity index (χ2v) is 4.65. The average molecular weight is 252 g/mol. The molecule has 0 radical (unpaired) electrons. The van der Waals surface area contributed by atoms with Gasteiger partial charge in [0.15, 0.2) is 0 Å². The molecule has 1 aromatic carbocycles. The third-order valence-corrected chi connectivity index (χ3v) is 3.09. The number of aromatic nitrogens is 3. The van der Waals surface area contributed by atoms with Crippen LogP contribution in [-0.4, -0.2) is 15.0 Å². The Morgan fingerprint density at radius 3 is 2.89 bits per heavy atom. The monoisotopic (exact) mass is 252 g/mol. The number of hydrogen-bond acceptors (Lipinski definition) is 3. The lowest BCUT2D eigenvalue weighted by Gasteiger charge is -2.05. The minimum atomic E-state index is 0.735. The Hall–Kier alpha value is -2.20. The van der Waals surface area contributed by atoms with E-state index in [1.165, 1.54) is 16.5 Å². The highest BCUT2D eigenvalue weighted by molar-refractivity contribution is 5.79. The van der Waals surface area contributed by atoms with Crippen LogP contribution in [0.15, 0.2) is 42.9 Å². The predicted octanol–water partition coefficient (Wildman–Crippen LogP) is 2.56. The first kappa shape index (κ1) is 11.9. The molecule has 0 fully saturated rings. The Bertz CT molecular complexity index is 670. The molecule has 4 nitrogen and oxygen atoms in total. The normalized spacial score (nSPS) is 11.0. The van der Waals surface area contributed by atoms with E-state index in [9.17, 15) is 0 Å². The van der Waals surface area contributed by atoms with Gasteiger partial charge in [-0.15, -0.1) is 0 Å². The van der Waals surface area contributed by atoms with Gasteiger partial charge in [-0.2, -0.15) is 0 Å². The van der Waals surface area contributed by atoms with E-state index in [0.29, 0.717) is 0 Å². The minimum absolute atomic E-state index is 0.735. The summed E-state index contributed by atoms with van der Waals surface area (Å²) in [5.74, 6) is 0. The van der Waals surface area contributed by atoms with Crippen LogP contribution in [0.4, 0.5) is 0 Å². The van der Waals surface area contributed by atoms with Crippen molar-refractivity contribution in [2.24, 2.45) is 0 Å². The molecular weight excluding hydrogens is 236 g/mol. The topological polar surface area (TPSA) is 53.6 Å². The number of benzene rings is 1. The molecule has 0 amide bonds. The van der Waals surface area contributed by atoms with Gasteiger partial charge in [-0.05, 0) is 36.1 Å². The maximum atomic E-state index is 4.32. The summed E-state index contributed by atoms with van der Waals surface area (Å²) in [6, 6.07) is 8.52. The van der Waals surface area contributed by atoms with E-state index in [2.05, 4.69) is 44.5 Å². The highest BCUT2D eigenvalue weighted by atomic mass is 14.9. The van der Waals surface area contributed by atoms with Crippen molar-refractivity contribution in [3.63, 3.8) is 0 Å². The van der Waals surface area contributed by atoms with E-state index in [1.54, 1.807) is 6.20 Å². The van der Waals surface area contributed by atoms with Crippen LogP contribution in [0.2, 0.25) is 0 Å². The van der Waals surface area contributed by atoms with Gasteiger partial charge in [-0.3, -0.25) is 9.97 Å². The van der Waals surface area contributed by atoms with Crippen LogP contribution in [-0.2, 0) is 13.1 Å². The molecule has 0 aliphatic rings. The fourth-order valence-electron chi connectivity index (χ4n) is 2.06. The Morgan fingerprint density at radius 1 is 1.11 bits per heavy atom. The van der Waals surface area contributed by atoms with Gasteiger partial charge in [0.2, 0.25) is 0 Å². The van der Waals surface area contributed by atoms with Crippen LogP contribution in [0.25, 0.3) is 10.9 Å². The molecule has 0 saturated carbocycles. The summed E-state index contributed by atoms with van der Waals surface area (Å²) >= 11 is 0. The Morgan fingerprint density at radius 2 is 2.05 bits per heavy atom. The molecule has 0 aliphatic carbocycles. The van der Waals surface area contributed by atoms with Gasteiger partial charge in [0.1, 0.15) is 0 Å². The smallest absolute Gasteiger partial charge is 0.0724 e. The maximum absolute atomic E-state index is 4.32. The van der Waals surface area contributed by atoms with Crippen molar-refractivity contribution in [3.05, 3.63) is 59.8 Å². The molecule has 0 spiro atoms. The molecule has 3 rings (SSSR count). The Labute approximate surface area is 111 Å². The number of fused-ring (bicyclic) bond motifs is 1. The molecule has 0 atom stereocenters. The summed E-state index contributed by atoms with van der Waals surface area (Å²) in [5, 5.41) is 4.63. The molecule has 2 N–H and O–H groups in total. The zero-order valence-corrected chi connectivity index (χ0v) is 10.9. The van der Waals surface area contributed by atoms with Gasteiger partial charge in [0, 0.05) is 37.2 Å². The number of nitrogens with zero attached hydrogens (tertiary/aromatic N) is 2. The number of hydrogen-bond donors (Lipinski definition) is 2. The van der Waals surface area contributed by atoms with Crippen molar-refractivity contribution in [1.82, 2.24) is 20.3 Å². The van der Waals surface area contributed by atoms with Gasteiger partial charge in [0.25, 0.3) is 0 Å². The molecule has 0 bridgehead atoms. The third-order valence-electron chi connectivity index (χ3n) is 3.09. The van der Waals surface area contributed by atoms with E-state index in [4.69, 9.17) is 0 Å². The van der Waals surface area contributed by atoms with Gasteiger partial charge >= 0.3 is 0 Å². The van der Waals surface area contributed by atoms with Crippen molar-refractivity contribution >= 4 is 10.9 Å². The van der Waals surface area contributed by atoms with Gasteiger partial charge < -0.3 is 10.3 Å². The van der Waals surface area contributed by atoms with E-state index in [1.807, 2.05) is 19.3 Å². The summed E-state index contributed by atoms with van der Waals surface area (Å²) in [6.45, 7) is 3.51. The van der Waals surface area contributed by atoms with Crippen LogP contribution in [0, 0.1) is 6.92 Å². The second kappa shape index (κ2) is 5.20. The summed E-state index contributed by atoms with van der Waals surface area (Å²) < 4.78 is 0. The SMILES string of the molecule is Cc1cnc(CNCc2ccc3[nH]ccc3c2)cn1. The molecule has 0 aliphatic heterocycles. The minimum Gasteiger partial charge on any atom is -0.361 e. The lowest BCUT2D eigenvalue weighted by atomic mass is 10.1. The predicted molar refractivity (Wildman–Crippen MR) is 75.6 cm³/mol. The zero-order valence-electron chi connectivity index (χ0n) is 10.9. The average Bonchev–Trinajstić information content (AvgIpc) is 2.88. The summed E-state index contributed by atoms with van der Waals surface area (Å²) in [7, 11) is 0. The molecule has 2 aromatic heterocycles. The first-order chi connectivity index (χ1) is 9.31. The number of rotatable bonds is 4. The molecule has 0 unspecified atom stereocenters. The van der Waals surface area contributed by atoms with Crippen LogP contribution < -0.4 is 5.32 Å². The highest BCUT2D eigenvalue weighted by Crippen LogP contribution is 2.14. The maximum Gasteiger partial charge on any atom is 0.0724 e. The second-order valence-electron chi connectivity index (χ2n) is 4.65. The van der Waals surface area contributed by atoms with Gasteiger partial charge in [-0.1, -0.05) is 6.07 Å². The lowest BCUT2D eigenvalue weighted by Crippen LogP contribution is -2.13. The van der Waals surface area contributed by atoms with Crippen LogP contribution in [0.3, 0.4) is 0 Å². The van der Waals surface area contributed by atoms with Gasteiger partial charge in [0.05, 0.1) is 11.4 Å². The highest BCUT2D eigenvalue weighted by Gasteiger charge is 1.98. The summed E-state index contributed by atoms with van der Waals surface area (Å²) in [6.07, 6.45) is 5.57. The molecule has 2 heterocycles. The first-order valence-corrected chi connectivity index (χ1v) is 6.35. The van der Waals surface area contributed by atoms with Crippen LogP contribution in [0.1, 0.15) is 17.0 Å². The van der Waals surface area contributed by atoms with E-state index >= 15 is 0 Å². The van der Waals surface area contributed by atoms with E-state index in [0.717, 1.165) is 24.5 Å². The van der Waals surface area contributed by atoms with Crippen LogP contribution in [0.5, 0.6) is 0 Å². The number of nitrogens with one attached hydrogen (secondary N) is 2. The van der Waals surface area contributed by atoms with Crippen molar-refractivity contribution < 1.29 is 0 Å². The van der Waals surface area contributed by atoms with E-state index in [-0.39, 0.29) is 0 Å². The van der Waals surface area contributed by atoms with E-state index < -0.39 is 0 Å². The molecule has 4 heteroatoms. The fraction of sp³-hybridized carbons (Fsp3) is 0.200. The number of aromatic amines is 1. The first-order valence-electron chi connectivity index (χ1n) is 6.35. The summed E-state index contributed by atoms with van der Waals surface area (Å²) in [5.41, 5.74) is 4.36. The fourth-order valence-corrected chi connectivity index (χ4v) is 2.06. The van der Waals surface area contributed by atoms with Crippen molar-refractivity contribution in [2.45, 2.75) is 20.0 Å². The zero-order chi connectivity index (χ0) is 13.1. The quantitative estimate of drug-likeness (QED) is 0.750. The largest absolute Gasteiger partial charge is 0.361 e. The molecular formula is C15H16N4. The summed E-state index contributed by atoms with van der Waals surface area (Å²) in [4.78, 5) is 11.7. The molecule has 0 saturated heterocycles. The Balaban J connectivity index is 1.61. The van der Waals surface area contributed by atoms with Crippen molar-refractivity contribution in [2.75, 3.05) is 0 Å². The van der Waals surface area contributed by atoms with Crippen LogP contribution >= 0.6 is 0 Å². The van der Waals surface area contributed by atoms with Gasteiger partial charge in [-0.25, -0.2) is 0 Å². The Kier molecular flexibility index (Phi) is 3.25.